The second-order valence-corrected chi connectivity index (χ2v) is 8.85. The molecule has 3 aromatic rings. The highest BCUT2D eigenvalue weighted by molar-refractivity contribution is 7.89. The number of carbonyl (C=O) groups excluding carboxylic acids is 2. The van der Waals surface area contributed by atoms with Gasteiger partial charge in [-0.25, -0.2) is 26.7 Å². The van der Waals surface area contributed by atoms with Crippen molar-refractivity contribution in [1.29, 1.82) is 0 Å². The van der Waals surface area contributed by atoms with Gasteiger partial charge < -0.3 is 10.1 Å². The Morgan fingerprint density at radius 2 is 1.67 bits per heavy atom. The maximum atomic E-state index is 13.2. The number of benzene rings is 3. The summed E-state index contributed by atoms with van der Waals surface area (Å²) in [5.41, 5.74) is 0.541. The van der Waals surface area contributed by atoms with Gasteiger partial charge in [0.2, 0.25) is 10.0 Å². The molecule has 172 valence electrons. The van der Waals surface area contributed by atoms with Crippen molar-refractivity contribution in [2.45, 2.75) is 11.4 Å². The van der Waals surface area contributed by atoms with Crippen molar-refractivity contribution >= 4 is 39.2 Å². The molecule has 0 saturated heterocycles. The third-order valence-corrected chi connectivity index (χ3v) is 6.19. The Bertz CT molecular complexity index is 1290. The summed E-state index contributed by atoms with van der Waals surface area (Å²) in [6, 6.07) is 15.0. The average molecular weight is 495 g/mol. The lowest BCUT2D eigenvalue weighted by atomic mass is 10.2. The van der Waals surface area contributed by atoms with Gasteiger partial charge in [0.25, 0.3) is 5.91 Å². The SMILES string of the molecule is O=C(COC(=O)c1ccc(Cl)c(S(=O)(=O)NCc2ccccc2)c1)Nc1ccc(F)c(F)c1. The monoisotopic (exact) mass is 494 g/mol. The van der Waals surface area contributed by atoms with E-state index in [1.807, 2.05) is 0 Å². The maximum Gasteiger partial charge on any atom is 0.338 e. The zero-order valence-electron chi connectivity index (χ0n) is 16.8. The van der Waals surface area contributed by atoms with E-state index >= 15 is 0 Å². The maximum absolute atomic E-state index is 13.2. The molecule has 2 N–H and O–H groups in total. The molecule has 0 heterocycles. The molecule has 0 radical (unpaired) electrons. The van der Waals surface area contributed by atoms with Gasteiger partial charge in [0.05, 0.1) is 10.6 Å². The Hall–Kier alpha value is -3.34. The molecule has 0 atom stereocenters. The van der Waals surface area contributed by atoms with Crippen molar-refractivity contribution in [3.8, 4) is 0 Å². The largest absolute Gasteiger partial charge is 0.452 e. The molecule has 33 heavy (non-hydrogen) atoms. The Morgan fingerprint density at radius 3 is 2.36 bits per heavy atom. The van der Waals surface area contributed by atoms with Gasteiger partial charge in [-0.2, -0.15) is 0 Å². The molecule has 0 aliphatic carbocycles. The molecule has 0 aromatic heterocycles. The van der Waals surface area contributed by atoms with Crippen molar-refractivity contribution in [3.05, 3.63) is 94.5 Å². The minimum atomic E-state index is -4.06. The first-order valence-corrected chi connectivity index (χ1v) is 11.3. The number of ether oxygens (including phenoxy) is 1. The molecule has 3 rings (SSSR count). The number of anilines is 1. The van der Waals surface area contributed by atoms with Crippen molar-refractivity contribution in [1.82, 2.24) is 4.72 Å². The third kappa shape index (κ3) is 6.58. The van der Waals surface area contributed by atoms with Gasteiger partial charge in [-0.15, -0.1) is 0 Å². The van der Waals surface area contributed by atoms with E-state index in [0.717, 1.165) is 29.8 Å². The van der Waals surface area contributed by atoms with Crippen molar-refractivity contribution < 1.29 is 31.5 Å². The number of hydrogen-bond donors (Lipinski definition) is 2. The van der Waals surface area contributed by atoms with Gasteiger partial charge in [0.15, 0.2) is 18.2 Å². The summed E-state index contributed by atoms with van der Waals surface area (Å²) >= 11 is 6.02. The molecule has 0 fully saturated rings. The number of amides is 1. The number of rotatable bonds is 8. The van der Waals surface area contributed by atoms with Gasteiger partial charge in [-0.05, 0) is 35.9 Å². The fraction of sp³-hybridized carbons (Fsp3) is 0.0909. The molecular formula is C22H17ClF2N2O5S. The highest BCUT2D eigenvalue weighted by Gasteiger charge is 2.21. The lowest BCUT2D eigenvalue weighted by molar-refractivity contribution is -0.119. The average Bonchev–Trinajstić information content (AvgIpc) is 2.79. The lowest BCUT2D eigenvalue weighted by Gasteiger charge is -2.11. The highest BCUT2D eigenvalue weighted by atomic mass is 35.5. The van der Waals surface area contributed by atoms with Crippen LogP contribution >= 0.6 is 11.6 Å². The molecular weight excluding hydrogens is 478 g/mol. The first-order chi connectivity index (χ1) is 15.7. The van der Waals surface area contributed by atoms with E-state index in [1.54, 1.807) is 30.3 Å². The van der Waals surface area contributed by atoms with Crippen LogP contribution in [0, 0.1) is 11.6 Å². The molecule has 3 aromatic carbocycles. The number of carbonyl (C=O) groups is 2. The van der Waals surface area contributed by atoms with Crippen LogP contribution in [0.5, 0.6) is 0 Å². The van der Waals surface area contributed by atoms with Crippen LogP contribution in [0.15, 0.2) is 71.6 Å². The minimum Gasteiger partial charge on any atom is -0.452 e. The zero-order valence-corrected chi connectivity index (χ0v) is 18.4. The first kappa shape index (κ1) is 24.3. The first-order valence-electron chi connectivity index (χ1n) is 9.41. The van der Waals surface area contributed by atoms with Gasteiger partial charge in [0, 0.05) is 18.3 Å². The predicted molar refractivity (Wildman–Crippen MR) is 117 cm³/mol. The fourth-order valence-corrected chi connectivity index (χ4v) is 4.21. The van der Waals surface area contributed by atoms with Crippen LogP contribution in [0.25, 0.3) is 0 Å². The molecule has 0 aliphatic heterocycles. The summed E-state index contributed by atoms with van der Waals surface area (Å²) in [6.07, 6.45) is 0. The van der Waals surface area contributed by atoms with Crippen LogP contribution in [0.3, 0.4) is 0 Å². The van der Waals surface area contributed by atoms with E-state index in [9.17, 15) is 26.8 Å². The van der Waals surface area contributed by atoms with E-state index in [1.165, 1.54) is 12.1 Å². The molecule has 0 bridgehead atoms. The summed E-state index contributed by atoms with van der Waals surface area (Å²) < 4.78 is 58.7. The summed E-state index contributed by atoms with van der Waals surface area (Å²) in [5, 5.41) is 2.14. The van der Waals surface area contributed by atoms with Crippen molar-refractivity contribution in [2.75, 3.05) is 11.9 Å². The van der Waals surface area contributed by atoms with E-state index in [0.29, 0.717) is 0 Å². The second-order valence-electron chi connectivity index (χ2n) is 6.71. The lowest BCUT2D eigenvalue weighted by Crippen LogP contribution is -2.24. The number of esters is 1. The summed E-state index contributed by atoms with van der Waals surface area (Å²) in [7, 11) is -4.06. The van der Waals surface area contributed by atoms with Crippen LogP contribution in [0.2, 0.25) is 5.02 Å². The van der Waals surface area contributed by atoms with Crippen LogP contribution in [-0.4, -0.2) is 26.9 Å². The molecule has 0 aliphatic rings. The number of halogens is 3. The Balaban J connectivity index is 1.64. The van der Waals surface area contributed by atoms with Crippen LogP contribution in [-0.2, 0) is 26.1 Å². The van der Waals surface area contributed by atoms with Crippen LogP contribution in [0.1, 0.15) is 15.9 Å². The quantitative estimate of drug-likeness (QED) is 0.463. The predicted octanol–water partition coefficient (Wildman–Crippen LogP) is 3.89. The van der Waals surface area contributed by atoms with E-state index in [-0.39, 0.29) is 27.7 Å². The smallest absolute Gasteiger partial charge is 0.338 e. The molecule has 0 saturated carbocycles. The van der Waals surface area contributed by atoms with Crippen molar-refractivity contribution in [2.24, 2.45) is 0 Å². The summed E-state index contributed by atoms with van der Waals surface area (Å²) in [6.45, 7) is -0.729. The third-order valence-electron chi connectivity index (χ3n) is 4.30. The van der Waals surface area contributed by atoms with E-state index in [2.05, 4.69) is 10.0 Å². The van der Waals surface area contributed by atoms with Gasteiger partial charge >= 0.3 is 5.97 Å². The Morgan fingerprint density at radius 1 is 0.939 bits per heavy atom. The van der Waals surface area contributed by atoms with Gasteiger partial charge in [0.1, 0.15) is 4.90 Å². The highest BCUT2D eigenvalue weighted by Crippen LogP contribution is 2.23. The topological polar surface area (TPSA) is 102 Å². The molecule has 7 nitrogen and oxygen atoms in total. The zero-order chi connectivity index (χ0) is 24.0. The number of nitrogens with one attached hydrogen (secondary N) is 2. The number of sulfonamides is 1. The Labute approximate surface area is 193 Å². The summed E-state index contributed by atoms with van der Waals surface area (Å²) in [4.78, 5) is 23.9. The number of hydrogen-bond acceptors (Lipinski definition) is 5. The molecule has 1 amide bonds. The van der Waals surface area contributed by atoms with Crippen LogP contribution < -0.4 is 10.0 Å². The van der Waals surface area contributed by atoms with Gasteiger partial charge in [-0.1, -0.05) is 41.9 Å². The summed E-state index contributed by atoms with van der Waals surface area (Å²) in [5.74, 6) is -4.01. The minimum absolute atomic E-state index is 0.0122. The second kappa shape index (κ2) is 10.5. The van der Waals surface area contributed by atoms with Gasteiger partial charge in [-0.3, -0.25) is 4.79 Å². The molecule has 0 spiro atoms. The molecule has 11 heteroatoms. The van der Waals surface area contributed by atoms with E-state index < -0.39 is 40.1 Å². The molecule has 0 unspecified atom stereocenters. The fourth-order valence-electron chi connectivity index (χ4n) is 2.67. The Kier molecular flexibility index (Phi) is 7.75. The van der Waals surface area contributed by atoms with Crippen molar-refractivity contribution in [3.63, 3.8) is 0 Å². The normalized spacial score (nSPS) is 11.1. The van der Waals surface area contributed by atoms with E-state index in [4.69, 9.17) is 16.3 Å². The van der Waals surface area contributed by atoms with Crippen LogP contribution in [0.4, 0.5) is 14.5 Å². The standard InChI is InChI=1S/C22H17ClF2N2O5S/c23-17-8-6-15(10-20(17)33(30,31)26-12-14-4-2-1-3-5-14)22(29)32-13-21(28)27-16-7-9-18(24)19(25)11-16/h1-11,26H,12-13H2,(H,27,28).